The van der Waals surface area contributed by atoms with E-state index in [1.807, 2.05) is 20.0 Å². The second kappa shape index (κ2) is 3.31. The van der Waals surface area contributed by atoms with Gasteiger partial charge in [0.2, 0.25) is 0 Å². The molecule has 1 aliphatic carbocycles. The van der Waals surface area contributed by atoms with E-state index in [4.69, 9.17) is 0 Å². The van der Waals surface area contributed by atoms with Crippen LogP contribution in [0.2, 0.25) is 0 Å². The Morgan fingerprint density at radius 3 is 2.86 bits per heavy atom. The Balaban J connectivity index is 2.30. The van der Waals surface area contributed by atoms with Gasteiger partial charge >= 0.3 is 0 Å². The molecule has 0 atom stereocenters. The molecule has 0 aliphatic heterocycles. The van der Waals surface area contributed by atoms with Crippen LogP contribution in [0, 0.1) is 5.41 Å². The third-order valence-electron chi connectivity index (χ3n) is 2.74. The maximum atomic E-state index is 11.7. The largest absolute Gasteiger partial charge is 0.294 e. The Kier molecular flexibility index (Phi) is 2.27. The smallest absolute Gasteiger partial charge is 0.161 e. The molecule has 3 heteroatoms. The van der Waals surface area contributed by atoms with Gasteiger partial charge in [0.25, 0.3) is 0 Å². The van der Waals surface area contributed by atoms with Gasteiger partial charge in [-0.2, -0.15) is 0 Å². The molecular weight excluding hydrogens is 194 g/mol. The number of thiazole rings is 1. The van der Waals surface area contributed by atoms with Crippen LogP contribution in [0.1, 0.15) is 31.6 Å². The van der Waals surface area contributed by atoms with E-state index >= 15 is 0 Å². The first kappa shape index (κ1) is 9.59. The van der Waals surface area contributed by atoms with Crippen LogP contribution in [0.15, 0.2) is 17.8 Å². The highest BCUT2D eigenvalue weighted by molar-refractivity contribution is 7.10. The highest BCUT2D eigenvalue weighted by Crippen LogP contribution is 2.36. The van der Waals surface area contributed by atoms with E-state index < -0.39 is 0 Å². The molecule has 2 nitrogen and oxygen atoms in total. The normalized spacial score (nSPS) is 20.7. The Morgan fingerprint density at radius 2 is 2.29 bits per heavy atom. The number of aromatic nitrogens is 1. The number of hydrogen-bond acceptors (Lipinski definition) is 3. The first-order valence-electron chi connectivity index (χ1n) is 4.73. The molecule has 74 valence electrons. The van der Waals surface area contributed by atoms with Gasteiger partial charge in [-0.25, -0.2) is 0 Å². The van der Waals surface area contributed by atoms with Crippen molar-refractivity contribution in [2.45, 2.75) is 26.7 Å². The van der Waals surface area contributed by atoms with Gasteiger partial charge in [-0.05, 0) is 24.5 Å². The topological polar surface area (TPSA) is 30.0 Å². The average molecular weight is 207 g/mol. The zero-order valence-corrected chi connectivity index (χ0v) is 9.23. The van der Waals surface area contributed by atoms with Crippen LogP contribution in [0.3, 0.4) is 0 Å². The van der Waals surface area contributed by atoms with Crippen LogP contribution in [-0.2, 0) is 4.79 Å². The van der Waals surface area contributed by atoms with Crippen molar-refractivity contribution in [2.24, 2.45) is 5.41 Å². The van der Waals surface area contributed by atoms with Gasteiger partial charge in [0.15, 0.2) is 5.78 Å². The lowest BCUT2D eigenvalue weighted by atomic mass is 9.77. The van der Waals surface area contributed by atoms with E-state index in [2.05, 4.69) is 4.98 Å². The van der Waals surface area contributed by atoms with Crippen LogP contribution in [0.4, 0.5) is 0 Å². The molecule has 0 unspecified atom stereocenters. The molecule has 0 saturated carbocycles. The Bertz CT molecular complexity index is 376. The summed E-state index contributed by atoms with van der Waals surface area (Å²) in [5, 5.41) is 0. The van der Waals surface area contributed by atoms with Crippen LogP contribution in [0.25, 0.3) is 5.57 Å². The number of ketones is 1. The van der Waals surface area contributed by atoms with Gasteiger partial charge in [-0.15, -0.1) is 11.3 Å². The van der Waals surface area contributed by atoms with Crippen molar-refractivity contribution in [1.82, 2.24) is 4.98 Å². The molecule has 2 rings (SSSR count). The SMILES string of the molecule is CC1(C)CCC(c2cncs2)=CC1=O. The van der Waals surface area contributed by atoms with Crippen LogP contribution in [-0.4, -0.2) is 10.8 Å². The molecular formula is C11H13NOS. The lowest BCUT2D eigenvalue weighted by molar-refractivity contribution is -0.122. The first-order chi connectivity index (χ1) is 6.59. The average Bonchev–Trinajstić information content (AvgIpc) is 2.62. The maximum absolute atomic E-state index is 11.7. The first-order valence-corrected chi connectivity index (χ1v) is 5.61. The molecule has 14 heavy (non-hydrogen) atoms. The van der Waals surface area contributed by atoms with E-state index in [1.165, 1.54) is 0 Å². The molecule has 0 aromatic carbocycles. The van der Waals surface area contributed by atoms with Crippen molar-refractivity contribution in [2.75, 3.05) is 0 Å². The third kappa shape index (κ3) is 1.64. The Morgan fingerprint density at radius 1 is 1.50 bits per heavy atom. The molecule has 0 spiro atoms. The van der Waals surface area contributed by atoms with Crippen LogP contribution in [0.5, 0.6) is 0 Å². The fourth-order valence-electron chi connectivity index (χ4n) is 1.56. The number of allylic oxidation sites excluding steroid dienone is 2. The quantitative estimate of drug-likeness (QED) is 0.708. The highest BCUT2D eigenvalue weighted by atomic mass is 32.1. The summed E-state index contributed by atoms with van der Waals surface area (Å²) in [7, 11) is 0. The lowest BCUT2D eigenvalue weighted by Gasteiger charge is -2.26. The number of carbonyl (C=O) groups is 1. The molecule has 0 N–H and O–H groups in total. The van der Waals surface area contributed by atoms with Crippen LogP contribution < -0.4 is 0 Å². The number of carbonyl (C=O) groups excluding carboxylic acids is 1. The molecule has 1 heterocycles. The minimum absolute atomic E-state index is 0.172. The predicted octanol–water partition coefficient (Wildman–Crippen LogP) is 2.92. The van der Waals surface area contributed by atoms with Gasteiger partial charge in [-0.3, -0.25) is 9.78 Å². The van der Waals surface area contributed by atoms with Crippen molar-refractivity contribution in [1.29, 1.82) is 0 Å². The summed E-state index contributed by atoms with van der Waals surface area (Å²) in [6.07, 6.45) is 5.55. The van der Waals surface area contributed by atoms with Crippen molar-refractivity contribution in [3.05, 3.63) is 22.7 Å². The Hall–Kier alpha value is -0.960. The summed E-state index contributed by atoms with van der Waals surface area (Å²) in [5.41, 5.74) is 2.78. The molecule has 0 amide bonds. The van der Waals surface area contributed by atoms with Crippen molar-refractivity contribution >= 4 is 22.7 Å². The number of rotatable bonds is 1. The fourth-order valence-corrected chi connectivity index (χ4v) is 2.23. The van der Waals surface area contributed by atoms with Gasteiger partial charge in [0, 0.05) is 11.6 Å². The van der Waals surface area contributed by atoms with Gasteiger partial charge in [-0.1, -0.05) is 13.8 Å². The standard InChI is InChI=1S/C11H13NOS/c1-11(2)4-3-8(5-10(11)13)9-6-12-7-14-9/h5-7H,3-4H2,1-2H3. The molecule has 0 bridgehead atoms. The van der Waals surface area contributed by atoms with Crippen molar-refractivity contribution in [3.8, 4) is 0 Å². The third-order valence-corrected chi connectivity index (χ3v) is 3.59. The fraction of sp³-hybridized carbons (Fsp3) is 0.455. The summed E-state index contributed by atoms with van der Waals surface area (Å²) in [6, 6.07) is 0. The summed E-state index contributed by atoms with van der Waals surface area (Å²) in [5.74, 6) is 0.243. The molecule has 1 aliphatic rings. The molecule has 0 fully saturated rings. The molecule has 1 aromatic heterocycles. The van der Waals surface area contributed by atoms with Gasteiger partial charge in [0.1, 0.15) is 0 Å². The zero-order valence-electron chi connectivity index (χ0n) is 8.41. The van der Waals surface area contributed by atoms with E-state index in [9.17, 15) is 4.79 Å². The minimum atomic E-state index is -0.172. The summed E-state index contributed by atoms with van der Waals surface area (Å²) < 4.78 is 0. The van der Waals surface area contributed by atoms with E-state index in [0.29, 0.717) is 0 Å². The number of hydrogen-bond donors (Lipinski definition) is 0. The summed E-state index contributed by atoms with van der Waals surface area (Å²) >= 11 is 1.60. The summed E-state index contributed by atoms with van der Waals surface area (Å²) in [4.78, 5) is 16.9. The second-order valence-corrected chi connectivity index (χ2v) is 5.17. The zero-order chi connectivity index (χ0) is 10.2. The maximum Gasteiger partial charge on any atom is 0.161 e. The monoisotopic (exact) mass is 207 g/mol. The van der Waals surface area contributed by atoms with Crippen LogP contribution >= 0.6 is 11.3 Å². The van der Waals surface area contributed by atoms with Crippen molar-refractivity contribution in [3.63, 3.8) is 0 Å². The van der Waals surface area contributed by atoms with E-state index in [0.717, 1.165) is 23.3 Å². The number of nitrogens with zero attached hydrogens (tertiary/aromatic N) is 1. The van der Waals surface area contributed by atoms with Crippen molar-refractivity contribution < 1.29 is 4.79 Å². The highest BCUT2D eigenvalue weighted by Gasteiger charge is 2.30. The minimum Gasteiger partial charge on any atom is -0.294 e. The Labute approximate surface area is 87.7 Å². The molecule has 1 aromatic rings. The van der Waals surface area contributed by atoms with Gasteiger partial charge in [0.05, 0.1) is 10.4 Å². The van der Waals surface area contributed by atoms with Gasteiger partial charge < -0.3 is 0 Å². The summed E-state index contributed by atoms with van der Waals surface area (Å²) in [6.45, 7) is 4.02. The van der Waals surface area contributed by atoms with E-state index in [-0.39, 0.29) is 11.2 Å². The predicted molar refractivity (Wildman–Crippen MR) is 58.1 cm³/mol. The van der Waals surface area contributed by atoms with E-state index in [1.54, 1.807) is 22.9 Å². The lowest BCUT2D eigenvalue weighted by Crippen LogP contribution is -2.25. The molecule has 0 radical (unpaired) electrons. The molecule has 0 saturated heterocycles. The second-order valence-electron chi connectivity index (χ2n) is 4.28.